The van der Waals surface area contributed by atoms with E-state index >= 15 is 0 Å². The molecule has 1 amide bonds. The van der Waals surface area contributed by atoms with Crippen molar-refractivity contribution in [3.8, 4) is 17.0 Å². The Labute approximate surface area is 185 Å². The van der Waals surface area contributed by atoms with Crippen LogP contribution >= 0.6 is 11.6 Å². The summed E-state index contributed by atoms with van der Waals surface area (Å²) in [5.74, 6) is 1.01. The van der Waals surface area contributed by atoms with Gasteiger partial charge in [-0.25, -0.2) is 14.4 Å². The SMILES string of the molecule is COc1ccc(-c2cc(N3CCN(C(=O)Cc4c(F)cccc4Cl)CC3)ncn2)cc1. The Morgan fingerprint density at radius 1 is 1.10 bits per heavy atom. The number of carbonyl (C=O) groups excluding carboxylic acids is 1. The monoisotopic (exact) mass is 440 g/mol. The number of methoxy groups -OCH3 is 1. The molecule has 6 nitrogen and oxygen atoms in total. The van der Waals surface area contributed by atoms with E-state index in [0.29, 0.717) is 26.2 Å². The second-order valence-corrected chi connectivity index (χ2v) is 7.64. The van der Waals surface area contributed by atoms with Gasteiger partial charge < -0.3 is 14.5 Å². The summed E-state index contributed by atoms with van der Waals surface area (Å²) in [7, 11) is 1.63. The minimum atomic E-state index is -0.452. The van der Waals surface area contributed by atoms with Gasteiger partial charge in [0.2, 0.25) is 5.91 Å². The second kappa shape index (κ2) is 9.31. The number of benzene rings is 2. The highest BCUT2D eigenvalue weighted by Crippen LogP contribution is 2.24. The third-order valence-electron chi connectivity index (χ3n) is 5.38. The number of anilines is 1. The van der Waals surface area contributed by atoms with Crippen LogP contribution in [0.15, 0.2) is 54.9 Å². The Morgan fingerprint density at radius 2 is 1.84 bits per heavy atom. The summed E-state index contributed by atoms with van der Waals surface area (Å²) in [5.41, 5.74) is 2.04. The molecular weight excluding hydrogens is 419 g/mol. The molecule has 1 saturated heterocycles. The van der Waals surface area contributed by atoms with E-state index < -0.39 is 5.82 Å². The van der Waals surface area contributed by atoms with E-state index in [-0.39, 0.29) is 22.9 Å². The number of ether oxygens (including phenoxy) is 1. The molecule has 0 N–H and O–H groups in total. The van der Waals surface area contributed by atoms with Crippen LogP contribution in [0.4, 0.5) is 10.2 Å². The lowest BCUT2D eigenvalue weighted by atomic mass is 10.1. The number of carbonyl (C=O) groups is 1. The van der Waals surface area contributed by atoms with Crippen LogP contribution in [0.5, 0.6) is 5.75 Å². The first-order valence-electron chi connectivity index (χ1n) is 9.97. The summed E-state index contributed by atoms with van der Waals surface area (Å²) in [4.78, 5) is 25.3. The summed E-state index contributed by atoms with van der Waals surface area (Å²) in [6.45, 7) is 2.34. The largest absolute Gasteiger partial charge is 0.497 e. The molecule has 0 bridgehead atoms. The van der Waals surface area contributed by atoms with Gasteiger partial charge in [-0.3, -0.25) is 4.79 Å². The first-order chi connectivity index (χ1) is 15.0. The zero-order chi connectivity index (χ0) is 21.8. The highest BCUT2D eigenvalue weighted by molar-refractivity contribution is 6.31. The second-order valence-electron chi connectivity index (χ2n) is 7.23. The zero-order valence-corrected chi connectivity index (χ0v) is 17.8. The molecule has 31 heavy (non-hydrogen) atoms. The minimum absolute atomic E-state index is 0.0410. The van der Waals surface area contributed by atoms with Gasteiger partial charge in [0, 0.05) is 48.4 Å². The van der Waals surface area contributed by atoms with Crippen molar-refractivity contribution in [2.45, 2.75) is 6.42 Å². The van der Waals surface area contributed by atoms with E-state index in [1.54, 1.807) is 24.4 Å². The molecule has 3 aromatic rings. The lowest BCUT2D eigenvalue weighted by molar-refractivity contribution is -0.130. The van der Waals surface area contributed by atoms with Crippen LogP contribution in [0.25, 0.3) is 11.3 Å². The average Bonchev–Trinajstić information content (AvgIpc) is 2.82. The van der Waals surface area contributed by atoms with Gasteiger partial charge in [-0.15, -0.1) is 0 Å². The molecule has 160 valence electrons. The van der Waals surface area contributed by atoms with Gasteiger partial charge in [-0.1, -0.05) is 17.7 Å². The van der Waals surface area contributed by atoms with Crippen LogP contribution < -0.4 is 9.64 Å². The van der Waals surface area contributed by atoms with E-state index in [4.69, 9.17) is 16.3 Å². The maximum atomic E-state index is 14.0. The normalized spacial score (nSPS) is 13.9. The van der Waals surface area contributed by atoms with E-state index in [0.717, 1.165) is 22.8 Å². The molecule has 0 radical (unpaired) electrons. The van der Waals surface area contributed by atoms with Crippen LogP contribution in [0.1, 0.15) is 5.56 Å². The van der Waals surface area contributed by atoms with Crippen molar-refractivity contribution >= 4 is 23.3 Å². The molecular formula is C23H22ClFN4O2. The molecule has 1 fully saturated rings. The molecule has 0 aliphatic carbocycles. The van der Waals surface area contributed by atoms with Crippen molar-refractivity contribution in [3.05, 3.63) is 71.3 Å². The molecule has 8 heteroatoms. The Hall–Kier alpha value is -3.19. The summed E-state index contributed by atoms with van der Waals surface area (Å²) < 4.78 is 19.2. The van der Waals surface area contributed by atoms with Crippen molar-refractivity contribution in [2.24, 2.45) is 0 Å². The smallest absolute Gasteiger partial charge is 0.227 e. The maximum absolute atomic E-state index is 14.0. The van der Waals surface area contributed by atoms with Crippen molar-refractivity contribution in [1.29, 1.82) is 0 Å². The number of amides is 1. The van der Waals surface area contributed by atoms with Crippen molar-refractivity contribution in [1.82, 2.24) is 14.9 Å². The van der Waals surface area contributed by atoms with Crippen molar-refractivity contribution in [2.75, 3.05) is 38.2 Å². The quantitative estimate of drug-likeness (QED) is 0.603. The first-order valence-corrected chi connectivity index (χ1v) is 10.3. The molecule has 2 aromatic carbocycles. The fraction of sp³-hybridized carbons (Fsp3) is 0.261. The molecule has 4 rings (SSSR count). The number of piperazine rings is 1. The van der Waals surface area contributed by atoms with Gasteiger partial charge in [-0.05, 0) is 36.4 Å². The molecule has 1 aliphatic rings. The van der Waals surface area contributed by atoms with Crippen molar-refractivity contribution < 1.29 is 13.9 Å². The predicted octanol–water partition coefficient (Wildman–Crippen LogP) is 3.84. The van der Waals surface area contributed by atoms with E-state index in [9.17, 15) is 9.18 Å². The average molecular weight is 441 g/mol. The van der Waals surface area contributed by atoms with Gasteiger partial charge in [0.15, 0.2) is 0 Å². The molecule has 0 saturated carbocycles. The first kappa shape index (κ1) is 21.1. The Morgan fingerprint density at radius 3 is 2.52 bits per heavy atom. The van der Waals surface area contributed by atoms with Gasteiger partial charge in [0.1, 0.15) is 23.7 Å². The molecule has 1 aliphatic heterocycles. The van der Waals surface area contributed by atoms with Crippen LogP contribution in [0.3, 0.4) is 0 Å². The number of halogens is 2. The fourth-order valence-electron chi connectivity index (χ4n) is 3.59. The minimum Gasteiger partial charge on any atom is -0.497 e. The molecule has 1 aromatic heterocycles. The van der Waals surface area contributed by atoms with E-state index in [2.05, 4.69) is 14.9 Å². The van der Waals surface area contributed by atoms with Gasteiger partial charge in [0.05, 0.1) is 19.2 Å². The van der Waals surface area contributed by atoms with Gasteiger partial charge >= 0.3 is 0 Å². The summed E-state index contributed by atoms with van der Waals surface area (Å²) in [6.07, 6.45) is 1.51. The summed E-state index contributed by atoms with van der Waals surface area (Å²) in [6, 6.07) is 14.1. The van der Waals surface area contributed by atoms with E-state index in [1.165, 1.54) is 12.1 Å². The van der Waals surface area contributed by atoms with Crippen LogP contribution in [0.2, 0.25) is 5.02 Å². The Kier molecular flexibility index (Phi) is 6.32. The van der Waals surface area contributed by atoms with Crippen molar-refractivity contribution in [3.63, 3.8) is 0 Å². The van der Waals surface area contributed by atoms with Crippen LogP contribution in [0, 0.1) is 5.82 Å². The highest BCUT2D eigenvalue weighted by atomic mass is 35.5. The molecule has 2 heterocycles. The highest BCUT2D eigenvalue weighted by Gasteiger charge is 2.23. The number of hydrogen-bond acceptors (Lipinski definition) is 5. The fourth-order valence-corrected chi connectivity index (χ4v) is 3.82. The van der Waals surface area contributed by atoms with Crippen LogP contribution in [-0.2, 0) is 11.2 Å². The lowest BCUT2D eigenvalue weighted by Gasteiger charge is -2.35. The number of rotatable bonds is 5. The Balaban J connectivity index is 1.40. The molecule has 0 atom stereocenters. The third-order valence-corrected chi connectivity index (χ3v) is 5.74. The topological polar surface area (TPSA) is 58.6 Å². The maximum Gasteiger partial charge on any atom is 0.227 e. The van der Waals surface area contributed by atoms with Gasteiger partial charge in [0.25, 0.3) is 0 Å². The summed E-state index contributed by atoms with van der Waals surface area (Å²) in [5, 5.41) is 0.277. The van der Waals surface area contributed by atoms with Crippen LogP contribution in [-0.4, -0.2) is 54.1 Å². The number of hydrogen-bond donors (Lipinski definition) is 0. The number of aromatic nitrogens is 2. The van der Waals surface area contributed by atoms with Gasteiger partial charge in [-0.2, -0.15) is 0 Å². The Bertz CT molecular complexity index is 1050. The molecule has 0 unspecified atom stereocenters. The zero-order valence-electron chi connectivity index (χ0n) is 17.1. The summed E-state index contributed by atoms with van der Waals surface area (Å²) >= 11 is 6.06. The molecule has 0 spiro atoms. The van der Waals surface area contributed by atoms with E-state index in [1.807, 2.05) is 30.3 Å². The number of nitrogens with zero attached hydrogens (tertiary/aromatic N) is 4. The third kappa shape index (κ3) is 4.77. The lowest BCUT2D eigenvalue weighted by Crippen LogP contribution is -2.49. The predicted molar refractivity (Wildman–Crippen MR) is 118 cm³/mol. The standard InChI is InChI=1S/C23H22ClFN4O2/c1-31-17-7-5-16(6-8-17)21-14-22(27-15-26-21)28-9-11-29(12-10-28)23(30)13-18-19(24)3-2-4-20(18)25/h2-8,14-15H,9-13H2,1H3.